The molecule has 0 saturated heterocycles. The van der Waals surface area contributed by atoms with Crippen molar-refractivity contribution in [2.24, 2.45) is 0 Å². The molecular formula is C46H81O8P. The predicted molar refractivity (Wildman–Crippen MR) is 230 cm³/mol. The fourth-order valence-corrected chi connectivity index (χ4v) is 6.46. The molecule has 55 heavy (non-hydrogen) atoms. The molecule has 1 atom stereocenters. The van der Waals surface area contributed by atoms with Gasteiger partial charge in [0, 0.05) is 6.42 Å². The van der Waals surface area contributed by atoms with Crippen molar-refractivity contribution in [1.29, 1.82) is 0 Å². The first kappa shape index (κ1) is 52.8. The summed E-state index contributed by atoms with van der Waals surface area (Å²) in [7, 11) is -4.78. The van der Waals surface area contributed by atoms with E-state index in [2.05, 4.69) is 60.9 Å². The molecule has 0 radical (unpaired) electrons. The van der Waals surface area contributed by atoms with E-state index in [1.54, 1.807) is 6.08 Å². The van der Waals surface area contributed by atoms with E-state index in [1.165, 1.54) is 122 Å². The number of esters is 2. The Labute approximate surface area is 337 Å². The normalized spacial score (nSPS) is 13.0. The summed E-state index contributed by atoms with van der Waals surface area (Å²) >= 11 is 0. The summed E-state index contributed by atoms with van der Waals surface area (Å²) in [6, 6.07) is 0. The van der Waals surface area contributed by atoms with Gasteiger partial charge in [0.1, 0.15) is 6.61 Å². The van der Waals surface area contributed by atoms with E-state index < -0.39 is 32.5 Å². The Kier molecular flexibility index (Phi) is 39.7. The third kappa shape index (κ3) is 44.3. The molecule has 0 saturated carbocycles. The SMILES string of the molecule is CC/C=C\C/C=C\C/C=C\C/C=C\C/C=C\CC(=O)OC(COC(=O)CCCCCCCCCCCCCCCCCCCCCCCC)COP(=O)(O)O. The predicted octanol–water partition coefficient (Wildman–Crippen LogP) is 13.7. The van der Waals surface area contributed by atoms with Crippen molar-refractivity contribution in [1.82, 2.24) is 0 Å². The highest BCUT2D eigenvalue weighted by atomic mass is 31.2. The first-order valence-corrected chi connectivity index (χ1v) is 23.6. The highest BCUT2D eigenvalue weighted by Crippen LogP contribution is 2.36. The maximum absolute atomic E-state index is 12.3. The second-order valence-corrected chi connectivity index (χ2v) is 15.9. The molecule has 1 unspecified atom stereocenters. The van der Waals surface area contributed by atoms with Gasteiger partial charge >= 0.3 is 19.8 Å². The van der Waals surface area contributed by atoms with Crippen LogP contribution in [0.1, 0.15) is 200 Å². The monoisotopic (exact) mass is 793 g/mol. The Morgan fingerprint density at radius 3 is 1.24 bits per heavy atom. The van der Waals surface area contributed by atoms with Crippen LogP contribution in [0.25, 0.3) is 0 Å². The van der Waals surface area contributed by atoms with Crippen molar-refractivity contribution in [2.75, 3.05) is 13.2 Å². The smallest absolute Gasteiger partial charge is 0.462 e. The van der Waals surface area contributed by atoms with Crippen molar-refractivity contribution >= 4 is 19.8 Å². The van der Waals surface area contributed by atoms with Gasteiger partial charge in [-0.3, -0.25) is 14.1 Å². The molecule has 0 aliphatic carbocycles. The molecule has 0 aliphatic heterocycles. The molecule has 0 spiro atoms. The minimum atomic E-state index is -4.78. The molecule has 9 heteroatoms. The number of hydrogen-bond acceptors (Lipinski definition) is 6. The van der Waals surface area contributed by atoms with E-state index in [4.69, 9.17) is 19.3 Å². The second kappa shape index (κ2) is 41.4. The summed E-state index contributed by atoms with van der Waals surface area (Å²) < 4.78 is 26.3. The molecule has 0 amide bonds. The average molecular weight is 793 g/mol. The van der Waals surface area contributed by atoms with Crippen molar-refractivity contribution in [3.63, 3.8) is 0 Å². The maximum atomic E-state index is 12.3. The Bertz CT molecular complexity index is 1070. The van der Waals surface area contributed by atoms with Crippen LogP contribution in [0.4, 0.5) is 0 Å². The number of hydrogen-bond donors (Lipinski definition) is 2. The van der Waals surface area contributed by atoms with Crippen LogP contribution in [0.15, 0.2) is 60.8 Å². The number of phosphoric ester groups is 1. The zero-order valence-electron chi connectivity index (χ0n) is 35.1. The molecule has 0 bridgehead atoms. The van der Waals surface area contributed by atoms with Crippen molar-refractivity contribution in [3.8, 4) is 0 Å². The fourth-order valence-electron chi connectivity index (χ4n) is 6.10. The quantitative estimate of drug-likeness (QED) is 0.0272. The van der Waals surface area contributed by atoms with Gasteiger partial charge in [-0.1, -0.05) is 209 Å². The zero-order chi connectivity index (χ0) is 40.3. The Hall–Kier alpha value is -2.25. The van der Waals surface area contributed by atoms with E-state index in [0.29, 0.717) is 12.8 Å². The van der Waals surface area contributed by atoms with Gasteiger partial charge in [0.2, 0.25) is 0 Å². The number of carbonyl (C=O) groups is 2. The lowest BCUT2D eigenvalue weighted by atomic mass is 10.0. The van der Waals surface area contributed by atoms with Crippen LogP contribution in [0.5, 0.6) is 0 Å². The zero-order valence-corrected chi connectivity index (χ0v) is 36.0. The summed E-state index contributed by atoms with van der Waals surface area (Å²) in [5, 5.41) is 0. The summed E-state index contributed by atoms with van der Waals surface area (Å²) in [5.41, 5.74) is 0. The number of ether oxygens (including phenoxy) is 2. The topological polar surface area (TPSA) is 119 Å². The Morgan fingerprint density at radius 2 is 0.855 bits per heavy atom. The van der Waals surface area contributed by atoms with E-state index in [9.17, 15) is 14.2 Å². The largest absolute Gasteiger partial charge is 0.469 e. The van der Waals surface area contributed by atoms with Gasteiger partial charge in [-0.15, -0.1) is 0 Å². The van der Waals surface area contributed by atoms with E-state index in [1.807, 2.05) is 12.2 Å². The molecule has 0 rings (SSSR count). The molecule has 0 aromatic carbocycles. The summed E-state index contributed by atoms with van der Waals surface area (Å²) in [6.45, 7) is 3.50. The molecule has 0 heterocycles. The van der Waals surface area contributed by atoms with Crippen molar-refractivity contribution < 1.29 is 37.9 Å². The van der Waals surface area contributed by atoms with Crippen LogP contribution in [0, 0.1) is 0 Å². The molecule has 8 nitrogen and oxygen atoms in total. The number of allylic oxidation sites excluding steroid dienone is 9. The van der Waals surface area contributed by atoms with Gasteiger partial charge in [-0.05, 0) is 38.5 Å². The Morgan fingerprint density at radius 1 is 0.491 bits per heavy atom. The van der Waals surface area contributed by atoms with Gasteiger partial charge in [0.15, 0.2) is 6.10 Å². The molecule has 0 aromatic rings. The first-order valence-electron chi connectivity index (χ1n) is 22.1. The summed E-state index contributed by atoms with van der Waals surface area (Å²) in [6.07, 6.45) is 52.7. The van der Waals surface area contributed by atoms with Gasteiger partial charge in [-0.2, -0.15) is 0 Å². The Balaban J connectivity index is 3.93. The van der Waals surface area contributed by atoms with Crippen LogP contribution in [0.2, 0.25) is 0 Å². The first-order chi connectivity index (χ1) is 26.8. The number of rotatable bonds is 40. The number of phosphoric acid groups is 1. The summed E-state index contributed by atoms with van der Waals surface area (Å²) in [4.78, 5) is 42.8. The second-order valence-electron chi connectivity index (χ2n) is 14.7. The minimum Gasteiger partial charge on any atom is -0.462 e. The van der Waals surface area contributed by atoms with Gasteiger partial charge < -0.3 is 19.3 Å². The maximum Gasteiger partial charge on any atom is 0.469 e. The van der Waals surface area contributed by atoms with Crippen LogP contribution in [0.3, 0.4) is 0 Å². The lowest BCUT2D eigenvalue weighted by Crippen LogP contribution is -2.29. The third-order valence-electron chi connectivity index (χ3n) is 9.33. The van der Waals surface area contributed by atoms with Crippen molar-refractivity contribution in [3.05, 3.63) is 60.8 Å². The van der Waals surface area contributed by atoms with Crippen LogP contribution in [-0.2, 0) is 28.2 Å². The van der Waals surface area contributed by atoms with Gasteiger partial charge in [0.05, 0.1) is 13.0 Å². The fraction of sp³-hybridized carbons (Fsp3) is 0.739. The van der Waals surface area contributed by atoms with E-state index in [0.717, 1.165) is 38.5 Å². The minimum absolute atomic E-state index is 0.0205. The summed E-state index contributed by atoms with van der Waals surface area (Å²) in [5.74, 6) is -1.03. The molecule has 318 valence electrons. The number of carbonyl (C=O) groups excluding carboxylic acids is 2. The van der Waals surface area contributed by atoms with Crippen molar-refractivity contribution in [2.45, 2.75) is 206 Å². The lowest BCUT2D eigenvalue weighted by molar-refractivity contribution is -0.160. The number of unbranched alkanes of at least 4 members (excludes halogenated alkanes) is 21. The highest BCUT2D eigenvalue weighted by molar-refractivity contribution is 7.46. The standard InChI is InChI=1S/C46H81O8P/c1-3-5-7-9-11-13-15-17-19-20-21-22-23-24-25-27-28-30-32-34-36-38-40-45(47)52-42-44(43-53-55(49,50)51)54-46(48)41-39-37-35-33-31-29-26-18-16-14-12-10-8-6-4-2/h6,8,12,14,18,26,31,33,37,39,44H,3-5,7,9-11,13,15-17,19-25,27-30,32,34-36,38,40-43H2,1-2H3,(H2,49,50,51)/b8-6-,14-12-,26-18-,33-31-,39-37-. The molecule has 0 aliphatic rings. The highest BCUT2D eigenvalue weighted by Gasteiger charge is 2.22. The van der Waals surface area contributed by atoms with E-state index >= 15 is 0 Å². The van der Waals surface area contributed by atoms with Gasteiger partial charge in [-0.25, -0.2) is 4.57 Å². The third-order valence-corrected chi connectivity index (χ3v) is 9.82. The molecule has 0 fully saturated rings. The lowest BCUT2D eigenvalue weighted by Gasteiger charge is -2.18. The molecule has 0 aromatic heterocycles. The molecular weight excluding hydrogens is 711 g/mol. The molecule has 2 N–H and O–H groups in total. The van der Waals surface area contributed by atoms with Crippen LogP contribution < -0.4 is 0 Å². The van der Waals surface area contributed by atoms with E-state index in [-0.39, 0.29) is 19.4 Å². The van der Waals surface area contributed by atoms with Crippen LogP contribution >= 0.6 is 7.82 Å². The van der Waals surface area contributed by atoms with Crippen LogP contribution in [-0.4, -0.2) is 41.0 Å². The van der Waals surface area contributed by atoms with Gasteiger partial charge in [0.25, 0.3) is 0 Å². The average Bonchev–Trinajstić information content (AvgIpc) is 3.16.